The standard InChI is InChI=1S/C10H16O3/c11-8(12)10(13)5-3-1-2-4-9(10)6-7-9/h13H,1-7H2,(H,11,12). The molecular weight excluding hydrogens is 168 g/mol. The summed E-state index contributed by atoms with van der Waals surface area (Å²) >= 11 is 0. The smallest absolute Gasteiger partial charge is 0.336 e. The summed E-state index contributed by atoms with van der Waals surface area (Å²) in [5.74, 6) is -1.01. The highest BCUT2D eigenvalue weighted by molar-refractivity contribution is 5.79. The molecule has 2 fully saturated rings. The Balaban J connectivity index is 2.26. The SMILES string of the molecule is O=C(O)C1(O)CCCCCC12CC2. The Morgan fingerprint density at radius 3 is 2.15 bits per heavy atom. The number of rotatable bonds is 1. The fourth-order valence-electron chi connectivity index (χ4n) is 2.64. The van der Waals surface area contributed by atoms with Gasteiger partial charge in [-0.05, 0) is 32.1 Å². The average Bonchev–Trinajstić information content (AvgIpc) is 2.85. The van der Waals surface area contributed by atoms with E-state index in [0.29, 0.717) is 6.42 Å². The summed E-state index contributed by atoms with van der Waals surface area (Å²) in [5, 5.41) is 19.2. The lowest BCUT2D eigenvalue weighted by Gasteiger charge is -2.30. The first-order chi connectivity index (χ1) is 6.11. The molecule has 2 rings (SSSR count). The molecule has 3 heteroatoms. The molecule has 0 heterocycles. The first-order valence-corrected chi connectivity index (χ1v) is 5.07. The van der Waals surface area contributed by atoms with Crippen LogP contribution in [-0.2, 0) is 4.79 Å². The number of aliphatic carboxylic acids is 1. The zero-order valence-electron chi connectivity index (χ0n) is 7.75. The van der Waals surface area contributed by atoms with Crippen molar-refractivity contribution in [3.63, 3.8) is 0 Å². The van der Waals surface area contributed by atoms with E-state index in [0.717, 1.165) is 38.5 Å². The van der Waals surface area contributed by atoms with E-state index in [1.807, 2.05) is 0 Å². The predicted octanol–water partition coefficient (Wildman–Crippen LogP) is 1.55. The van der Waals surface area contributed by atoms with Crippen LogP contribution in [0.3, 0.4) is 0 Å². The van der Waals surface area contributed by atoms with Gasteiger partial charge in [0.15, 0.2) is 5.60 Å². The van der Waals surface area contributed by atoms with Crippen molar-refractivity contribution in [1.29, 1.82) is 0 Å². The van der Waals surface area contributed by atoms with Crippen molar-refractivity contribution in [2.75, 3.05) is 0 Å². The van der Waals surface area contributed by atoms with Gasteiger partial charge >= 0.3 is 5.97 Å². The van der Waals surface area contributed by atoms with Crippen LogP contribution in [0.25, 0.3) is 0 Å². The van der Waals surface area contributed by atoms with E-state index >= 15 is 0 Å². The van der Waals surface area contributed by atoms with Gasteiger partial charge in [-0.2, -0.15) is 0 Å². The largest absolute Gasteiger partial charge is 0.479 e. The van der Waals surface area contributed by atoms with Gasteiger partial charge in [0.2, 0.25) is 0 Å². The minimum absolute atomic E-state index is 0.255. The zero-order chi connectivity index (χ0) is 9.53. The normalized spacial score (nSPS) is 37.0. The van der Waals surface area contributed by atoms with Crippen LogP contribution in [0, 0.1) is 5.41 Å². The van der Waals surface area contributed by atoms with Crippen LogP contribution in [0.4, 0.5) is 0 Å². The highest BCUT2D eigenvalue weighted by Gasteiger charge is 2.62. The van der Waals surface area contributed by atoms with Crippen molar-refractivity contribution >= 4 is 5.97 Å². The van der Waals surface area contributed by atoms with E-state index in [2.05, 4.69) is 0 Å². The summed E-state index contributed by atoms with van der Waals surface area (Å²) in [7, 11) is 0. The van der Waals surface area contributed by atoms with Crippen LogP contribution in [0.2, 0.25) is 0 Å². The molecule has 2 N–H and O–H groups in total. The molecule has 2 aliphatic rings. The van der Waals surface area contributed by atoms with E-state index < -0.39 is 11.6 Å². The van der Waals surface area contributed by atoms with Crippen molar-refractivity contribution in [3.8, 4) is 0 Å². The summed E-state index contributed by atoms with van der Waals surface area (Å²) in [6.45, 7) is 0. The van der Waals surface area contributed by atoms with Crippen LogP contribution in [0.5, 0.6) is 0 Å². The van der Waals surface area contributed by atoms with Crippen LogP contribution in [0.15, 0.2) is 0 Å². The molecule has 0 aromatic heterocycles. The van der Waals surface area contributed by atoms with Gasteiger partial charge in [-0.25, -0.2) is 4.79 Å². The molecule has 1 unspecified atom stereocenters. The lowest BCUT2D eigenvalue weighted by Crippen LogP contribution is -2.46. The van der Waals surface area contributed by atoms with Gasteiger partial charge in [0.25, 0.3) is 0 Å². The molecule has 0 aromatic rings. The van der Waals surface area contributed by atoms with Gasteiger partial charge < -0.3 is 10.2 Å². The monoisotopic (exact) mass is 184 g/mol. The molecule has 1 atom stereocenters. The van der Waals surface area contributed by atoms with E-state index in [1.54, 1.807) is 0 Å². The molecule has 1 spiro atoms. The number of carbonyl (C=O) groups is 1. The zero-order valence-corrected chi connectivity index (χ0v) is 7.75. The van der Waals surface area contributed by atoms with Crippen LogP contribution in [0.1, 0.15) is 44.9 Å². The minimum Gasteiger partial charge on any atom is -0.479 e. The van der Waals surface area contributed by atoms with Crippen molar-refractivity contribution in [2.45, 2.75) is 50.5 Å². The molecule has 0 amide bonds. The first-order valence-electron chi connectivity index (χ1n) is 5.07. The number of carboxylic acid groups (broad SMARTS) is 1. The third-order valence-corrected chi connectivity index (χ3v) is 3.78. The number of hydrogen-bond acceptors (Lipinski definition) is 2. The Bertz CT molecular complexity index is 232. The first kappa shape index (κ1) is 9.00. The maximum atomic E-state index is 11.0. The highest BCUT2D eigenvalue weighted by Crippen LogP contribution is 2.60. The van der Waals surface area contributed by atoms with Gasteiger partial charge in [-0.3, -0.25) is 0 Å². The number of carboxylic acids is 1. The Morgan fingerprint density at radius 2 is 1.62 bits per heavy atom. The minimum atomic E-state index is -1.41. The van der Waals surface area contributed by atoms with Crippen molar-refractivity contribution < 1.29 is 15.0 Å². The van der Waals surface area contributed by atoms with Crippen LogP contribution < -0.4 is 0 Å². The second-order valence-electron chi connectivity index (χ2n) is 4.51. The molecule has 13 heavy (non-hydrogen) atoms. The van der Waals surface area contributed by atoms with E-state index in [4.69, 9.17) is 5.11 Å². The van der Waals surface area contributed by atoms with Crippen molar-refractivity contribution in [2.24, 2.45) is 5.41 Å². The Kier molecular flexibility index (Phi) is 1.88. The molecular formula is C10H16O3. The highest BCUT2D eigenvalue weighted by atomic mass is 16.4. The van der Waals surface area contributed by atoms with Gasteiger partial charge in [-0.1, -0.05) is 12.8 Å². The summed E-state index contributed by atoms with van der Waals surface area (Å²) in [4.78, 5) is 11.0. The van der Waals surface area contributed by atoms with Crippen LogP contribution >= 0.6 is 0 Å². The second kappa shape index (κ2) is 2.71. The summed E-state index contributed by atoms with van der Waals surface area (Å²) in [6, 6.07) is 0. The van der Waals surface area contributed by atoms with Gasteiger partial charge in [0.05, 0.1) is 0 Å². The maximum absolute atomic E-state index is 11.0. The van der Waals surface area contributed by atoms with Crippen molar-refractivity contribution in [3.05, 3.63) is 0 Å². The summed E-state index contributed by atoms with van der Waals surface area (Å²) < 4.78 is 0. The molecule has 2 saturated carbocycles. The Hall–Kier alpha value is -0.570. The van der Waals surface area contributed by atoms with E-state index in [9.17, 15) is 9.90 Å². The third kappa shape index (κ3) is 1.17. The molecule has 74 valence electrons. The van der Waals surface area contributed by atoms with Gasteiger partial charge in [0.1, 0.15) is 0 Å². The molecule has 0 radical (unpaired) electrons. The summed E-state index contributed by atoms with van der Waals surface area (Å²) in [5.41, 5.74) is -1.67. The Labute approximate surface area is 77.8 Å². The average molecular weight is 184 g/mol. The third-order valence-electron chi connectivity index (χ3n) is 3.78. The summed E-state index contributed by atoms with van der Waals surface area (Å²) in [6.07, 6.45) is 6.14. The second-order valence-corrected chi connectivity index (χ2v) is 4.51. The molecule has 0 aromatic carbocycles. The van der Waals surface area contributed by atoms with Gasteiger partial charge in [0, 0.05) is 5.41 Å². The molecule has 0 bridgehead atoms. The van der Waals surface area contributed by atoms with E-state index in [1.165, 1.54) is 0 Å². The molecule has 0 saturated heterocycles. The molecule has 0 aliphatic heterocycles. The van der Waals surface area contributed by atoms with E-state index in [-0.39, 0.29) is 5.41 Å². The number of hydrogen-bond donors (Lipinski definition) is 2. The van der Waals surface area contributed by atoms with Crippen LogP contribution in [-0.4, -0.2) is 21.8 Å². The van der Waals surface area contributed by atoms with Crippen molar-refractivity contribution in [1.82, 2.24) is 0 Å². The quantitative estimate of drug-likeness (QED) is 0.650. The fraction of sp³-hybridized carbons (Fsp3) is 0.900. The lowest BCUT2D eigenvalue weighted by atomic mass is 9.80. The topological polar surface area (TPSA) is 57.5 Å². The van der Waals surface area contributed by atoms with Gasteiger partial charge in [-0.15, -0.1) is 0 Å². The molecule has 2 aliphatic carbocycles. The molecule has 3 nitrogen and oxygen atoms in total. The maximum Gasteiger partial charge on any atom is 0.336 e. The number of aliphatic hydroxyl groups is 1. The lowest BCUT2D eigenvalue weighted by molar-refractivity contribution is -0.168. The Morgan fingerprint density at radius 1 is 1.00 bits per heavy atom. The predicted molar refractivity (Wildman–Crippen MR) is 47.3 cm³/mol. The fourth-order valence-corrected chi connectivity index (χ4v) is 2.64.